The van der Waals surface area contributed by atoms with Gasteiger partial charge in [-0.15, -0.1) is 10.2 Å². The molecule has 0 bridgehead atoms. The molecule has 0 spiro atoms. The summed E-state index contributed by atoms with van der Waals surface area (Å²) in [5.74, 6) is 1.19. The third-order valence-corrected chi connectivity index (χ3v) is 5.78. The number of nitrogens with zero attached hydrogens (tertiary/aromatic N) is 3. The predicted molar refractivity (Wildman–Crippen MR) is 124 cm³/mol. The van der Waals surface area contributed by atoms with Crippen molar-refractivity contribution in [3.8, 4) is 11.5 Å². The number of hydrazone groups is 1. The fourth-order valence-corrected chi connectivity index (χ4v) is 4.00. The maximum Gasteiger partial charge on any atom is 0.250 e. The van der Waals surface area contributed by atoms with Crippen LogP contribution in [0.4, 0.5) is 5.13 Å². The van der Waals surface area contributed by atoms with E-state index in [1.165, 1.54) is 28.7 Å². The van der Waals surface area contributed by atoms with Gasteiger partial charge in [-0.05, 0) is 43.2 Å². The van der Waals surface area contributed by atoms with E-state index in [-0.39, 0.29) is 11.7 Å². The molecule has 0 aliphatic heterocycles. The summed E-state index contributed by atoms with van der Waals surface area (Å²) in [5.41, 5.74) is 11.1. The van der Waals surface area contributed by atoms with Crippen LogP contribution >= 0.6 is 23.1 Å². The Kier molecular flexibility index (Phi) is 8.25. The topological polar surface area (TPSA) is 112 Å². The number of carbonyl (C=O) groups is 1. The molecule has 0 fully saturated rings. The van der Waals surface area contributed by atoms with Crippen LogP contribution in [0.3, 0.4) is 0 Å². The number of hydrogen-bond acceptors (Lipinski definition) is 9. The Morgan fingerprint density at radius 3 is 2.84 bits per heavy atom. The number of nitrogens with one attached hydrogen (secondary N) is 1. The van der Waals surface area contributed by atoms with E-state index in [0.717, 1.165) is 11.1 Å². The van der Waals surface area contributed by atoms with Gasteiger partial charge in [-0.3, -0.25) is 4.79 Å². The summed E-state index contributed by atoms with van der Waals surface area (Å²) in [7, 11) is 0. The Balaban J connectivity index is 1.55. The number of nitrogens with two attached hydrogens (primary N) is 1. The molecule has 0 aliphatic carbocycles. The first-order valence-corrected chi connectivity index (χ1v) is 11.3. The number of carbonyl (C=O) groups excluding carboxylic acids is 1. The van der Waals surface area contributed by atoms with Crippen molar-refractivity contribution in [2.75, 3.05) is 18.1 Å². The maximum absolute atomic E-state index is 11.9. The number of anilines is 1. The molecule has 2 aromatic carbocycles. The molecule has 10 heteroatoms. The molecular formula is C21H23N5O3S2. The third-order valence-electron chi connectivity index (χ3n) is 3.90. The van der Waals surface area contributed by atoms with Gasteiger partial charge in [-0.25, -0.2) is 5.43 Å². The van der Waals surface area contributed by atoms with E-state index < -0.39 is 0 Å². The van der Waals surface area contributed by atoms with Gasteiger partial charge in [0.05, 0.1) is 18.6 Å². The van der Waals surface area contributed by atoms with Crippen molar-refractivity contribution in [3.05, 3.63) is 59.2 Å². The smallest absolute Gasteiger partial charge is 0.250 e. The molecule has 8 nitrogen and oxygen atoms in total. The SMILES string of the molecule is CCOc1cc(C=NNC(=O)CSc2nnc(N)s2)ccc1OCc1cccc(C)c1. The van der Waals surface area contributed by atoms with Crippen LogP contribution in [0.1, 0.15) is 23.6 Å². The number of hydrogen-bond donors (Lipinski definition) is 2. The molecule has 0 saturated carbocycles. The first kappa shape index (κ1) is 22.6. The van der Waals surface area contributed by atoms with Crippen molar-refractivity contribution in [2.24, 2.45) is 5.10 Å². The summed E-state index contributed by atoms with van der Waals surface area (Å²) in [4.78, 5) is 11.9. The fraction of sp³-hybridized carbons (Fsp3) is 0.238. The monoisotopic (exact) mass is 457 g/mol. The molecule has 3 rings (SSSR count). The van der Waals surface area contributed by atoms with Crippen LogP contribution in [0.2, 0.25) is 0 Å². The average molecular weight is 458 g/mol. The summed E-state index contributed by atoms with van der Waals surface area (Å²) in [5, 5.41) is 11.9. The first-order valence-electron chi connectivity index (χ1n) is 9.52. The molecule has 0 atom stereocenters. The van der Waals surface area contributed by atoms with Crippen LogP contribution < -0.4 is 20.6 Å². The highest BCUT2D eigenvalue weighted by molar-refractivity contribution is 8.01. The number of aryl methyl sites for hydroxylation is 1. The van der Waals surface area contributed by atoms with Gasteiger partial charge in [0.25, 0.3) is 5.91 Å². The van der Waals surface area contributed by atoms with Gasteiger partial charge in [0.15, 0.2) is 15.8 Å². The lowest BCUT2D eigenvalue weighted by molar-refractivity contribution is -0.118. The van der Waals surface area contributed by atoms with E-state index in [1.807, 2.05) is 50.2 Å². The lowest BCUT2D eigenvalue weighted by Crippen LogP contribution is -2.19. The molecule has 0 aliphatic rings. The zero-order chi connectivity index (χ0) is 22.1. The second kappa shape index (κ2) is 11.3. The third kappa shape index (κ3) is 7.26. The second-order valence-corrected chi connectivity index (χ2v) is 8.64. The highest BCUT2D eigenvalue weighted by atomic mass is 32.2. The average Bonchev–Trinajstić information content (AvgIpc) is 3.17. The summed E-state index contributed by atoms with van der Waals surface area (Å²) in [6, 6.07) is 13.7. The van der Waals surface area contributed by atoms with Crippen molar-refractivity contribution < 1.29 is 14.3 Å². The quantitative estimate of drug-likeness (QED) is 0.271. The van der Waals surface area contributed by atoms with Crippen molar-refractivity contribution >= 4 is 40.4 Å². The van der Waals surface area contributed by atoms with E-state index in [4.69, 9.17) is 15.2 Å². The molecule has 3 aromatic rings. The van der Waals surface area contributed by atoms with Crippen LogP contribution in [-0.2, 0) is 11.4 Å². The number of amides is 1. The van der Waals surface area contributed by atoms with Gasteiger partial charge in [0.1, 0.15) is 6.61 Å². The van der Waals surface area contributed by atoms with Crippen molar-refractivity contribution in [2.45, 2.75) is 24.8 Å². The number of aromatic nitrogens is 2. The van der Waals surface area contributed by atoms with Gasteiger partial charge in [-0.2, -0.15) is 5.10 Å². The summed E-state index contributed by atoms with van der Waals surface area (Å²) in [6.07, 6.45) is 1.55. The number of nitrogen functional groups attached to an aromatic ring is 1. The van der Waals surface area contributed by atoms with E-state index in [0.29, 0.717) is 34.2 Å². The molecule has 0 saturated heterocycles. The van der Waals surface area contributed by atoms with Crippen molar-refractivity contribution in [1.29, 1.82) is 0 Å². The van der Waals surface area contributed by atoms with Crippen LogP contribution in [0.25, 0.3) is 0 Å². The molecular weight excluding hydrogens is 434 g/mol. The molecule has 162 valence electrons. The van der Waals surface area contributed by atoms with Crippen LogP contribution in [0.15, 0.2) is 51.9 Å². The minimum atomic E-state index is -0.252. The van der Waals surface area contributed by atoms with Crippen molar-refractivity contribution in [3.63, 3.8) is 0 Å². The first-order chi connectivity index (χ1) is 15.0. The Hall–Kier alpha value is -3.11. The largest absolute Gasteiger partial charge is 0.490 e. The number of benzene rings is 2. The lowest BCUT2D eigenvalue weighted by Gasteiger charge is -2.13. The van der Waals surface area contributed by atoms with Gasteiger partial charge in [0.2, 0.25) is 5.13 Å². The molecule has 0 unspecified atom stereocenters. The summed E-state index contributed by atoms with van der Waals surface area (Å²) in [6.45, 7) is 4.91. The fourth-order valence-electron chi connectivity index (χ4n) is 2.57. The zero-order valence-corrected chi connectivity index (χ0v) is 18.8. The van der Waals surface area contributed by atoms with E-state index in [9.17, 15) is 4.79 Å². The summed E-state index contributed by atoms with van der Waals surface area (Å²) < 4.78 is 12.3. The molecule has 0 radical (unpaired) electrons. The van der Waals surface area contributed by atoms with Gasteiger partial charge >= 0.3 is 0 Å². The molecule has 1 heterocycles. The normalized spacial score (nSPS) is 10.9. The van der Waals surface area contributed by atoms with Gasteiger partial charge in [0, 0.05) is 0 Å². The number of thioether (sulfide) groups is 1. The molecule has 3 N–H and O–H groups in total. The highest BCUT2D eigenvalue weighted by Gasteiger charge is 2.08. The zero-order valence-electron chi connectivity index (χ0n) is 17.2. The molecule has 1 amide bonds. The Morgan fingerprint density at radius 1 is 1.23 bits per heavy atom. The van der Waals surface area contributed by atoms with Crippen molar-refractivity contribution in [1.82, 2.24) is 15.6 Å². The lowest BCUT2D eigenvalue weighted by atomic mass is 10.1. The number of rotatable bonds is 10. The Labute approximate surface area is 188 Å². The van der Waals surface area contributed by atoms with E-state index in [2.05, 4.69) is 26.8 Å². The maximum atomic E-state index is 11.9. The van der Waals surface area contributed by atoms with Gasteiger partial charge in [-0.1, -0.05) is 52.9 Å². The minimum absolute atomic E-state index is 0.169. The Morgan fingerprint density at radius 2 is 2.10 bits per heavy atom. The van der Waals surface area contributed by atoms with Crippen LogP contribution in [0.5, 0.6) is 11.5 Å². The van der Waals surface area contributed by atoms with Crippen LogP contribution in [0, 0.1) is 6.92 Å². The van der Waals surface area contributed by atoms with Gasteiger partial charge < -0.3 is 15.2 Å². The number of ether oxygens (including phenoxy) is 2. The highest BCUT2D eigenvalue weighted by Crippen LogP contribution is 2.29. The van der Waals surface area contributed by atoms with Crippen LogP contribution in [-0.4, -0.2) is 34.7 Å². The Bertz CT molecular complexity index is 1050. The van der Waals surface area contributed by atoms with E-state index in [1.54, 1.807) is 6.21 Å². The predicted octanol–water partition coefficient (Wildman–Crippen LogP) is 3.65. The minimum Gasteiger partial charge on any atom is -0.490 e. The summed E-state index contributed by atoms with van der Waals surface area (Å²) >= 11 is 2.49. The standard InChI is InChI=1S/C21H23N5O3S2/c1-3-28-18-10-15(7-8-17(18)29-12-16-6-4-5-14(2)9-16)11-23-24-19(27)13-30-21-26-25-20(22)31-21/h4-11H,3,12-13H2,1-2H3,(H2,22,25)(H,24,27). The van der Waals surface area contributed by atoms with E-state index >= 15 is 0 Å². The molecule has 31 heavy (non-hydrogen) atoms. The molecule has 1 aromatic heterocycles. The second-order valence-electron chi connectivity index (χ2n) is 6.40.